The average molecular weight is 456 g/mol. The van der Waals surface area contributed by atoms with E-state index in [-0.39, 0.29) is 18.4 Å². The first-order valence-electron chi connectivity index (χ1n) is 9.27. The van der Waals surface area contributed by atoms with E-state index >= 15 is 0 Å². The Kier molecular flexibility index (Phi) is 8.94. The van der Waals surface area contributed by atoms with Crippen LogP contribution in [0, 0.1) is 0 Å². The van der Waals surface area contributed by atoms with Gasteiger partial charge < -0.3 is 28.0 Å². The highest BCUT2D eigenvalue weighted by atomic mass is 31.2. The minimum absolute atomic E-state index is 0.0691. The first kappa shape index (κ1) is 24.7. The zero-order valence-electron chi connectivity index (χ0n) is 17.6. The van der Waals surface area contributed by atoms with Crippen LogP contribution in [-0.4, -0.2) is 64.4 Å². The standard InChI is InChI=1S/C20H25O10P/c1-25-17(21)14-10-11-15(29-18(22)13-8-6-5-7-9-13)16(12-14)30-20(19(23)26-2)31(24,27-3)28-4/h5-10,15-16,20H,11-12H2,1-4H3/t15-,16-,20?/m1/s1. The molecule has 0 bridgehead atoms. The molecule has 0 amide bonds. The normalized spacial score (nSPS) is 19.7. The average Bonchev–Trinajstić information content (AvgIpc) is 2.82. The number of hydrogen-bond acceptors (Lipinski definition) is 10. The second kappa shape index (κ2) is 11.2. The Morgan fingerprint density at radius 1 is 0.935 bits per heavy atom. The monoisotopic (exact) mass is 456 g/mol. The van der Waals surface area contributed by atoms with Crippen LogP contribution in [0.15, 0.2) is 42.0 Å². The maximum atomic E-state index is 12.9. The molecule has 2 rings (SSSR count). The fourth-order valence-corrected chi connectivity index (χ4v) is 4.17. The molecule has 1 unspecified atom stereocenters. The minimum Gasteiger partial charge on any atom is -0.467 e. The number of carbonyl (C=O) groups is 3. The van der Waals surface area contributed by atoms with Gasteiger partial charge in [0.2, 0.25) is 0 Å². The van der Waals surface area contributed by atoms with Crippen LogP contribution in [-0.2, 0) is 42.1 Å². The molecule has 10 nitrogen and oxygen atoms in total. The van der Waals surface area contributed by atoms with Crippen LogP contribution in [0.1, 0.15) is 23.2 Å². The van der Waals surface area contributed by atoms with Crippen molar-refractivity contribution < 1.29 is 46.9 Å². The Morgan fingerprint density at radius 3 is 2.13 bits per heavy atom. The Hall–Kier alpha value is -2.52. The van der Waals surface area contributed by atoms with E-state index in [4.69, 9.17) is 23.3 Å². The molecule has 1 aromatic rings. The quantitative estimate of drug-likeness (QED) is 0.311. The molecular weight excluding hydrogens is 431 g/mol. The number of benzene rings is 1. The van der Waals surface area contributed by atoms with E-state index in [0.29, 0.717) is 5.56 Å². The molecule has 0 N–H and O–H groups in total. The van der Waals surface area contributed by atoms with Crippen molar-refractivity contribution in [1.82, 2.24) is 0 Å². The van der Waals surface area contributed by atoms with Crippen LogP contribution in [0.4, 0.5) is 0 Å². The lowest BCUT2D eigenvalue weighted by Crippen LogP contribution is -2.42. The van der Waals surface area contributed by atoms with E-state index in [1.807, 2.05) is 0 Å². The molecule has 0 aromatic heterocycles. The molecule has 0 radical (unpaired) electrons. The summed E-state index contributed by atoms with van der Waals surface area (Å²) in [5.74, 6) is -3.98. The first-order valence-corrected chi connectivity index (χ1v) is 10.9. The van der Waals surface area contributed by atoms with Crippen molar-refractivity contribution in [3.05, 3.63) is 47.5 Å². The first-order chi connectivity index (χ1) is 14.8. The highest BCUT2D eigenvalue weighted by Crippen LogP contribution is 2.53. The van der Waals surface area contributed by atoms with Gasteiger partial charge in [-0.15, -0.1) is 0 Å². The summed E-state index contributed by atoms with van der Waals surface area (Å²) in [6.07, 6.45) is -0.329. The van der Waals surface area contributed by atoms with Crippen molar-refractivity contribution in [3.8, 4) is 0 Å². The van der Waals surface area contributed by atoms with Crippen molar-refractivity contribution in [2.75, 3.05) is 28.4 Å². The molecule has 0 spiro atoms. The van der Waals surface area contributed by atoms with Gasteiger partial charge in [-0.05, 0) is 12.1 Å². The lowest BCUT2D eigenvalue weighted by atomic mass is 9.94. The van der Waals surface area contributed by atoms with Crippen LogP contribution < -0.4 is 0 Å². The van der Waals surface area contributed by atoms with Gasteiger partial charge in [0.1, 0.15) is 12.2 Å². The molecule has 0 saturated heterocycles. The van der Waals surface area contributed by atoms with Gasteiger partial charge >= 0.3 is 25.5 Å². The van der Waals surface area contributed by atoms with Gasteiger partial charge in [-0.2, -0.15) is 0 Å². The van der Waals surface area contributed by atoms with Gasteiger partial charge in [-0.25, -0.2) is 14.4 Å². The molecule has 3 atom stereocenters. The van der Waals surface area contributed by atoms with E-state index < -0.39 is 43.6 Å². The summed E-state index contributed by atoms with van der Waals surface area (Å²) in [4.78, 5) is 36.8. The maximum absolute atomic E-state index is 12.9. The van der Waals surface area contributed by atoms with Crippen LogP contribution in [0.5, 0.6) is 0 Å². The molecule has 0 saturated carbocycles. The Balaban J connectivity index is 2.33. The molecule has 1 aliphatic carbocycles. The predicted octanol–water partition coefficient (Wildman–Crippen LogP) is 2.48. The third-order valence-corrected chi connectivity index (χ3v) is 6.58. The van der Waals surface area contributed by atoms with Crippen molar-refractivity contribution in [1.29, 1.82) is 0 Å². The Labute approximate surface area is 179 Å². The Morgan fingerprint density at radius 2 is 1.58 bits per heavy atom. The summed E-state index contributed by atoms with van der Waals surface area (Å²) in [6.45, 7) is 0. The fourth-order valence-electron chi connectivity index (χ4n) is 2.97. The lowest BCUT2D eigenvalue weighted by molar-refractivity contribution is -0.157. The fraction of sp³-hybridized carbons (Fsp3) is 0.450. The number of methoxy groups -OCH3 is 2. The zero-order valence-corrected chi connectivity index (χ0v) is 18.5. The predicted molar refractivity (Wildman–Crippen MR) is 107 cm³/mol. The summed E-state index contributed by atoms with van der Waals surface area (Å²) >= 11 is 0. The van der Waals surface area contributed by atoms with Gasteiger partial charge in [0.15, 0.2) is 0 Å². The van der Waals surface area contributed by atoms with Gasteiger partial charge in [-0.3, -0.25) is 4.57 Å². The minimum atomic E-state index is -4.07. The smallest absolute Gasteiger partial charge is 0.370 e. The van der Waals surface area contributed by atoms with Gasteiger partial charge in [0, 0.05) is 32.6 Å². The maximum Gasteiger partial charge on any atom is 0.370 e. The van der Waals surface area contributed by atoms with Gasteiger partial charge in [-0.1, -0.05) is 24.3 Å². The van der Waals surface area contributed by atoms with Crippen LogP contribution in [0.3, 0.4) is 0 Å². The van der Waals surface area contributed by atoms with Crippen LogP contribution in [0.2, 0.25) is 0 Å². The number of ether oxygens (including phenoxy) is 4. The van der Waals surface area contributed by atoms with Crippen molar-refractivity contribution in [2.45, 2.75) is 30.9 Å². The highest BCUT2D eigenvalue weighted by molar-refractivity contribution is 7.55. The second-order valence-electron chi connectivity index (χ2n) is 6.43. The highest BCUT2D eigenvalue weighted by Gasteiger charge is 2.46. The van der Waals surface area contributed by atoms with E-state index in [2.05, 4.69) is 4.74 Å². The molecule has 31 heavy (non-hydrogen) atoms. The van der Waals surface area contributed by atoms with E-state index in [0.717, 1.165) is 21.3 Å². The third kappa shape index (κ3) is 6.01. The topological polar surface area (TPSA) is 124 Å². The summed E-state index contributed by atoms with van der Waals surface area (Å²) in [5.41, 5.74) is 0.570. The zero-order chi connectivity index (χ0) is 23.0. The second-order valence-corrected chi connectivity index (χ2v) is 8.70. The molecule has 1 aromatic carbocycles. The van der Waals surface area contributed by atoms with Gasteiger partial charge in [0.05, 0.1) is 19.8 Å². The largest absolute Gasteiger partial charge is 0.467 e. The van der Waals surface area contributed by atoms with Crippen LogP contribution >= 0.6 is 7.60 Å². The summed E-state index contributed by atoms with van der Waals surface area (Å²) in [6, 6.07) is 8.28. The van der Waals surface area contributed by atoms with Crippen molar-refractivity contribution in [2.24, 2.45) is 0 Å². The number of carbonyl (C=O) groups excluding carboxylic acids is 3. The van der Waals surface area contributed by atoms with Crippen molar-refractivity contribution in [3.63, 3.8) is 0 Å². The van der Waals surface area contributed by atoms with E-state index in [1.54, 1.807) is 36.4 Å². The molecule has 0 heterocycles. The van der Waals surface area contributed by atoms with E-state index in [9.17, 15) is 18.9 Å². The molecule has 11 heteroatoms. The van der Waals surface area contributed by atoms with Gasteiger partial charge in [0.25, 0.3) is 5.85 Å². The van der Waals surface area contributed by atoms with E-state index in [1.165, 1.54) is 7.11 Å². The lowest BCUT2D eigenvalue weighted by Gasteiger charge is -2.33. The molecule has 0 fully saturated rings. The molecule has 1 aliphatic rings. The molecule has 170 valence electrons. The summed E-state index contributed by atoms with van der Waals surface area (Å²) < 4.78 is 43.4. The van der Waals surface area contributed by atoms with Crippen LogP contribution in [0.25, 0.3) is 0 Å². The Bertz CT molecular complexity index is 858. The summed E-state index contributed by atoms with van der Waals surface area (Å²) in [7, 11) is 0.425. The number of hydrogen-bond donors (Lipinski definition) is 0. The molecular formula is C20H25O10P. The SMILES string of the molecule is COC(=O)C1=CC[C@@H](OC(=O)c2ccccc2)[C@H](OC(C(=O)OC)P(=O)(OC)OC)C1. The number of rotatable bonds is 9. The summed E-state index contributed by atoms with van der Waals surface area (Å²) in [5, 5.41) is 0. The van der Waals surface area contributed by atoms with Crippen molar-refractivity contribution >= 4 is 25.5 Å². The third-order valence-electron chi connectivity index (χ3n) is 4.65. The molecule has 0 aliphatic heterocycles. The number of esters is 3.